The van der Waals surface area contributed by atoms with Gasteiger partial charge in [-0.3, -0.25) is 19.8 Å². The Morgan fingerprint density at radius 2 is 1.73 bits per heavy atom. The number of nitro groups is 1. The highest BCUT2D eigenvalue weighted by Crippen LogP contribution is 2.46. The van der Waals surface area contributed by atoms with Crippen LogP contribution >= 0.6 is 22.9 Å². The summed E-state index contributed by atoms with van der Waals surface area (Å²) in [6.45, 7) is 3.55. The summed E-state index contributed by atoms with van der Waals surface area (Å²) in [6, 6.07) is 9.16. The second kappa shape index (κ2) is 8.25. The molecule has 9 nitrogen and oxygen atoms in total. The largest absolute Gasteiger partial charge is 0.502 e. The van der Waals surface area contributed by atoms with Crippen molar-refractivity contribution in [2.75, 3.05) is 4.90 Å². The number of hydrogen-bond acceptors (Lipinski definition) is 8. The Labute approximate surface area is 197 Å². The molecule has 0 saturated carbocycles. The van der Waals surface area contributed by atoms with Gasteiger partial charge in [-0.2, -0.15) is 0 Å². The minimum atomic E-state index is -4.35. The predicted octanol–water partition coefficient (Wildman–Crippen LogP) is 4.65. The molecule has 33 heavy (non-hydrogen) atoms. The van der Waals surface area contributed by atoms with Crippen molar-refractivity contribution in [3.63, 3.8) is 0 Å². The van der Waals surface area contributed by atoms with Crippen molar-refractivity contribution < 1.29 is 23.2 Å². The first-order valence-electron chi connectivity index (χ1n) is 9.48. The molecule has 1 N–H and O–H groups in total. The lowest BCUT2D eigenvalue weighted by atomic mass is 10.1. The van der Waals surface area contributed by atoms with Crippen LogP contribution in [0.1, 0.15) is 22.2 Å². The monoisotopic (exact) mass is 505 g/mol. The van der Waals surface area contributed by atoms with E-state index in [1.54, 1.807) is 13.8 Å². The normalized spacial score (nSPS) is 16.5. The number of nitro benzene ring substituents is 1. The van der Waals surface area contributed by atoms with Crippen LogP contribution in [-0.2, 0) is 14.6 Å². The van der Waals surface area contributed by atoms with Crippen LogP contribution in [0.15, 0.2) is 64.1 Å². The molecule has 0 fully saturated rings. The van der Waals surface area contributed by atoms with Gasteiger partial charge >= 0.3 is 0 Å². The van der Waals surface area contributed by atoms with Gasteiger partial charge in [0.1, 0.15) is 10.9 Å². The van der Waals surface area contributed by atoms with Crippen molar-refractivity contribution in [1.29, 1.82) is 0 Å². The third kappa shape index (κ3) is 3.88. The van der Waals surface area contributed by atoms with Crippen molar-refractivity contribution in [2.45, 2.75) is 24.8 Å². The lowest BCUT2D eigenvalue weighted by Crippen LogP contribution is -2.31. The number of amides is 1. The maximum Gasteiger partial charge on any atom is 0.296 e. The van der Waals surface area contributed by atoms with Gasteiger partial charge in [-0.1, -0.05) is 11.6 Å². The lowest BCUT2D eigenvalue weighted by molar-refractivity contribution is -0.384. The fraction of sp³-hybridized carbons (Fsp3) is 0.143. The Bertz CT molecular complexity index is 1390. The number of nitrogens with zero attached hydrogens (tertiary/aromatic N) is 3. The molecule has 0 unspecified atom stereocenters. The molecular weight excluding hydrogens is 490 g/mol. The molecule has 2 aromatic carbocycles. The van der Waals surface area contributed by atoms with Crippen LogP contribution in [0.5, 0.6) is 0 Å². The van der Waals surface area contributed by atoms with E-state index in [0.29, 0.717) is 10.7 Å². The van der Waals surface area contributed by atoms with Gasteiger partial charge < -0.3 is 5.11 Å². The summed E-state index contributed by atoms with van der Waals surface area (Å²) in [5.74, 6) is -1.86. The molecule has 1 amide bonds. The zero-order valence-corrected chi connectivity index (χ0v) is 19.6. The van der Waals surface area contributed by atoms with Crippen LogP contribution in [0.2, 0.25) is 5.02 Å². The summed E-state index contributed by atoms with van der Waals surface area (Å²) in [7, 11) is -4.35. The number of sulfone groups is 1. The van der Waals surface area contributed by atoms with Gasteiger partial charge in [0, 0.05) is 22.0 Å². The summed E-state index contributed by atoms with van der Waals surface area (Å²) < 4.78 is 27.1. The van der Waals surface area contributed by atoms with Crippen LogP contribution in [0.4, 0.5) is 10.8 Å². The second-order valence-electron chi connectivity index (χ2n) is 7.23. The highest BCUT2D eigenvalue weighted by molar-refractivity contribution is 7.95. The van der Waals surface area contributed by atoms with Gasteiger partial charge in [0.2, 0.25) is 9.84 Å². The Kier molecular flexibility index (Phi) is 5.72. The van der Waals surface area contributed by atoms with Crippen molar-refractivity contribution in [3.8, 4) is 0 Å². The first kappa shape index (κ1) is 22.9. The Morgan fingerprint density at radius 3 is 2.24 bits per heavy atom. The number of thiazole rings is 1. The molecule has 12 heteroatoms. The first-order chi connectivity index (χ1) is 15.5. The highest BCUT2D eigenvalue weighted by atomic mass is 35.5. The lowest BCUT2D eigenvalue weighted by Gasteiger charge is -2.24. The molecule has 0 aliphatic carbocycles. The molecule has 0 spiro atoms. The van der Waals surface area contributed by atoms with E-state index in [2.05, 4.69) is 4.98 Å². The smallest absolute Gasteiger partial charge is 0.296 e. The van der Waals surface area contributed by atoms with E-state index in [1.165, 1.54) is 59.9 Å². The number of aryl methyl sites for hydroxylation is 2. The van der Waals surface area contributed by atoms with Crippen molar-refractivity contribution in [1.82, 2.24) is 4.98 Å². The van der Waals surface area contributed by atoms with Crippen molar-refractivity contribution in [2.24, 2.45) is 0 Å². The molecule has 1 aliphatic heterocycles. The molecule has 0 saturated heterocycles. The molecule has 1 aliphatic rings. The average Bonchev–Trinajstić information content (AvgIpc) is 3.24. The second-order valence-corrected chi connectivity index (χ2v) is 10.8. The predicted molar refractivity (Wildman–Crippen MR) is 123 cm³/mol. The summed E-state index contributed by atoms with van der Waals surface area (Å²) in [5.41, 5.74) is 0.709. The van der Waals surface area contributed by atoms with Crippen LogP contribution in [0.3, 0.4) is 0 Å². The maximum atomic E-state index is 13.5. The molecular formula is C21H16ClN3O6S2. The van der Waals surface area contributed by atoms with Crippen molar-refractivity contribution >= 4 is 49.5 Å². The average molecular weight is 506 g/mol. The minimum Gasteiger partial charge on any atom is -0.502 e. The fourth-order valence-corrected chi connectivity index (χ4v) is 6.12. The van der Waals surface area contributed by atoms with E-state index < -0.39 is 37.4 Å². The zero-order valence-electron chi connectivity index (χ0n) is 17.2. The number of aliphatic hydroxyl groups is 1. The van der Waals surface area contributed by atoms with Gasteiger partial charge in [-0.05, 0) is 55.8 Å². The van der Waals surface area contributed by atoms with Crippen LogP contribution in [0, 0.1) is 24.0 Å². The number of carbonyl (C=O) groups excluding carboxylic acids is 1. The minimum absolute atomic E-state index is 0.165. The molecule has 1 atom stereocenters. The molecule has 0 radical (unpaired) electrons. The topological polar surface area (TPSA) is 131 Å². The third-order valence-corrected chi connectivity index (χ3v) is 8.43. The van der Waals surface area contributed by atoms with Crippen LogP contribution < -0.4 is 4.90 Å². The standard InChI is InChI=1S/C21H16ClN3O6S2/c1-11-12(2)32-21(23-11)24-17(13-3-7-15(8-4-13)25(28)29)19(18(26)20(24)27)33(30,31)16-9-5-14(22)6-10-16/h3-10,17,26H,1-2H3/t17-/m1/s1. The van der Waals surface area contributed by atoms with E-state index in [0.717, 1.165) is 9.78 Å². The number of non-ortho nitro benzene ring substituents is 1. The van der Waals surface area contributed by atoms with Gasteiger partial charge in [0.25, 0.3) is 11.6 Å². The summed E-state index contributed by atoms with van der Waals surface area (Å²) in [4.78, 5) is 29.2. The van der Waals surface area contributed by atoms with Gasteiger partial charge in [0.15, 0.2) is 10.9 Å². The molecule has 1 aromatic heterocycles. The van der Waals surface area contributed by atoms with Gasteiger partial charge in [-0.25, -0.2) is 13.4 Å². The van der Waals surface area contributed by atoms with E-state index in [1.807, 2.05) is 0 Å². The van der Waals surface area contributed by atoms with E-state index in [-0.39, 0.29) is 21.3 Å². The summed E-state index contributed by atoms with van der Waals surface area (Å²) >= 11 is 7.05. The number of benzene rings is 2. The zero-order chi connectivity index (χ0) is 24.1. The number of hydrogen-bond donors (Lipinski definition) is 1. The van der Waals surface area contributed by atoms with E-state index in [9.17, 15) is 28.4 Å². The highest BCUT2D eigenvalue weighted by Gasteiger charge is 2.48. The molecule has 4 rings (SSSR count). The van der Waals surface area contributed by atoms with Crippen LogP contribution in [-0.4, -0.2) is 29.3 Å². The maximum absolute atomic E-state index is 13.5. The summed E-state index contributed by atoms with van der Waals surface area (Å²) in [6.07, 6.45) is 0. The molecule has 0 bridgehead atoms. The van der Waals surface area contributed by atoms with E-state index >= 15 is 0 Å². The number of aliphatic hydroxyl groups excluding tert-OH is 1. The Morgan fingerprint density at radius 1 is 1.12 bits per heavy atom. The van der Waals surface area contributed by atoms with E-state index in [4.69, 9.17) is 11.6 Å². The molecule has 170 valence electrons. The number of rotatable bonds is 5. The first-order valence-corrected chi connectivity index (χ1v) is 12.2. The fourth-order valence-electron chi connectivity index (χ4n) is 3.43. The third-order valence-electron chi connectivity index (χ3n) is 5.22. The van der Waals surface area contributed by atoms with Gasteiger partial charge in [-0.15, -0.1) is 11.3 Å². The number of anilines is 1. The van der Waals surface area contributed by atoms with Gasteiger partial charge in [0.05, 0.1) is 15.5 Å². The van der Waals surface area contributed by atoms with Crippen LogP contribution in [0.25, 0.3) is 0 Å². The molecule has 3 aromatic rings. The van der Waals surface area contributed by atoms with Crippen molar-refractivity contribution in [3.05, 3.63) is 90.5 Å². The molecule has 2 heterocycles. The summed E-state index contributed by atoms with van der Waals surface area (Å²) in [5, 5.41) is 22.3. The quantitative estimate of drug-likeness (QED) is 0.394. The number of aromatic nitrogens is 1. The number of halogens is 1. The Balaban J connectivity index is 1.93. The Hall–Kier alpha value is -3.28. The SMILES string of the molecule is Cc1nc(N2C(=O)C(O)=C(S(=O)(=O)c3ccc(Cl)cc3)[C@H]2c2ccc([N+](=O)[O-])cc2)sc1C. The number of carbonyl (C=O) groups is 1.